The van der Waals surface area contributed by atoms with Crippen LogP contribution in [0.5, 0.6) is 0 Å². The molecule has 22 heavy (non-hydrogen) atoms. The van der Waals surface area contributed by atoms with Crippen LogP contribution in [-0.4, -0.2) is 11.2 Å². The van der Waals surface area contributed by atoms with Crippen LogP contribution in [0.15, 0.2) is 48.5 Å². The van der Waals surface area contributed by atoms with E-state index >= 15 is 0 Å². The van der Waals surface area contributed by atoms with Crippen LogP contribution in [0.3, 0.4) is 0 Å². The minimum absolute atomic E-state index is 0.340. The molecule has 0 amide bonds. The summed E-state index contributed by atoms with van der Waals surface area (Å²) in [4.78, 5) is 0. The third-order valence-electron chi connectivity index (χ3n) is 3.85. The molecular weight excluding hydrogens is 288 g/mol. The molecule has 3 heteroatoms. The van der Waals surface area contributed by atoms with Gasteiger partial charge in [0.2, 0.25) is 0 Å². The van der Waals surface area contributed by atoms with Gasteiger partial charge in [-0.15, -0.1) is 0 Å². The predicted molar refractivity (Wildman–Crippen MR) is 99.5 cm³/mol. The molecule has 116 valence electrons. The zero-order valence-corrected chi connectivity index (χ0v) is 14.3. The SMILES string of the molecule is Cc1ccc(NC(=S)N[C@@H](C)CCc2ccccc2)cc1C. The van der Waals surface area contributed by atoms with Crippen LogP contribution in [-0.2, 0) is 6.42 Å². The molecule has 2 aromatic rings. The highest BCUT2D eigenvalue weighted by Crippen LogP contribution is 2.14. The van der Waals surface area contributed by atoms with Gasteiger partial charge in [0.25, 0.3) is 0 Å². The Labute approximate surface area is 139 Å². The Morgan fingerprint density at radius 3 is 2.45 bits per heavy atom. The van der Waals surface area contributed by atoms with Crippen molar-refractivity contribution in [3.05, 3.63) is 65.2 Å². The lowest BCUT2D eigenvalue weighted by molar-refractivity contribution is 0.609. The fraction of sp³-hybridized carbons (Fsp3) is 0.316. The number of benzene rings is 2. The van der Waals surface area contributed by atoms with Crippen molar-refractivity contribution in [2.75, 3.05) is 5.32 Å². The number of nitrogens with one attached hydrogen (secondary N) is 2. The summed E-state index contributed by atoms with van der Waals surface area (Å²) in [5.74, 6) is 0. The molecule has 0 aliphatic rings. The van der Waals surface area contributed by atoms with Gasteiger partial charge >= 0.3 is 0 Å². The molecule has 2 nitrogen and oxygen atoms in total. The summed E-state index contributed by atoms with van der Waals surface area (Å²) in [7, 11) is 0. The van der Waals surface area contributed by atoms with Crippen molar-refractivity contribution in [3.8, 4) is 0 Å². The van der Waals surface area contributed by atoms with Crippen molar-refractivity contribution in [3.63, 3.8) is 0 Å². The minimum Gasteiger partial charge on any atom is -0.360 e. The molecule has 0 fully saturated rings. The normalized spacial score (nSPS) is 11.8. The third-order valence-corrected chi connectivity index (χ3v) is 4.07. The largest absolute Gasteiger partial charge is 0.360 e. The smallest absolute Gasteiger partial charge is 0.170 e. The second-order valence-corrected chi connectivity index (χ2v) is 6.23. The van der Waals surface area contributed by atoms with Crippen LogP contribution in [0.4, 0.5) is 5.69 Å². The van der Waals surface area contributed by atoms with Gasteiger partial charge in [-0.05, 0) is 74.7 Å². The molecule has 0 spiro atoms. The van der Waals surface area contributed by atoms with E-state index in [0.29, 0.717) is 11.2 Å². The Morgan fingerprint density at radius 1 is 1.05 bits per heavy atom. The highest BCUT2D eigenvalue weighted by atomic mass is 32.1. The first-order valence-corrected chi connectivity index (χ1v) is 8.14. The number of anilines is 1. The molecule has 0 saturated heterocycles. The molecule has 2 rings (SSSR count). The van der Waals surface area contributed by atoms with E-state index in [9.17, 15) is 0 Å². The molecule has 2 aromatic carbocycles. The van der Waals surface area contributed by atoms with Gasteiger partial charge in [-0.2, -0.15) is 0 Å². The Balaban J connectivity index is 1.79. The number of hydrogen-bond donors (Lipinski definition) is 2. The van der Waals surface area contributed by atoms with E-state index in [0.717, 1.165) is 18.5 Å². The van der Waals surface area contributed by atoms with Crippen LogP contribution in [0.25, 0.3) is 0 Å². The monoisotopic (exact) mass is 312 g/mol. The number of thiocarbonyl (C=S) groups is 1. The second-order valence-electron chi connectivity index (χ2n) is 5.82. The number of rotatable bonds is 5. The van der Waals surface area contributed by atoms with Gasteiger partial charge in [-0.25, -0.2) is 0 Å². The minimum atomic E-state index is 0.340. The number of aryl methyl sites for hydroxylation is 3. The van der Waals surface area contributed by atoms with E-state index in [1.165, 1.54) is 16.7 Å². The zero-order valence-electron chi connectivity index (χ0n) is 13.5. The van der Waals surface area contributed by atoms with Gasteiger partial charge in [-0.1, -0.05) is 36.4 Å². The van der Waals surface area contributed by atoms with Gasteiger partial charge < -0.3 is 10.6 Å². The highest BCUT2D eigenvalue weighted by Gasteiger charge is 2.05. The second kappa shape index (κ2) is 7.95. The molecule has 0 unspecified atom stereocenters. The maximum absolute atomic E-state index is 5.40. The first-order chi connectivity index (χ1) is 10.5. The van der Waals surface area contributed by atoms with Crippen LogP contribution >= 0.6 is 12.2 Å². The lowest BCUT2D eigenvalue weighted by Crippen LogP contribution is -2.36. The lowest BCUT2D eigenvalue weighted by Gasteiger charge is -2.17. The van der Waals surface area contributed by atoms with Crippen molar-refractivity contribution in [1.82, 2.24) is 5.32 Å². The summed E-state index contributed by atoms with van der Waals surface area (Å²) < 4.78 is 0. The summed E-state index contributed by atoms with van der Waals surface area (Å²) in [5.41, 5.74) is 4.96. The fourth-order valence-corrected chi connectivity index (χ4v) is 2.63. The van der Waals surface area contributed by atoms with Crippen molar-refractivity contribution in [1.29, 1.82) is 0 Å². The van der Waals surface area contributed by atoms with Crippen LogP contribution < -0.4 is 10.6 Å². The van der Waals surface area contributed by atoms with E-state index in [2.05, 4.69) is 73.9 Å². The Bertz CT molecular complexity index is 623. The average molecular weight is 312 g/mol. The Kier molecular flexibility index (Phi) is 5.96. The molecule has 0 radical (unpaired) electrons. The first-order valence-electron chi connectivity index (χ1n) is 7.73. The van der Waals surface area contributed by atoms with Crippen molar-refractivity contribution in [2.45, 2.75) is 39.7 Å². The van der Waals surface area contributed by atoms with Crippen LogP contribution in [0.2, 0.25) is 0 Å². The van der Waals surface area contributed by atoms with Gasteiger partial charge in [0.1, 0.15) is 0 Å². The summed E-state index contributed by atoms with van der Waals surface area (Å²) in [6.07, 6.45) is 2.11. The fourth-order valence-electron chi connectivity index (χ4n) is 2.31. The van der Waals surface area contributed by atoms with Crippen molar-refractivity contribution in [2.24, 2.45) is 0 Å². The summed E-state index contributed by atoms with van der Waals surface area (Å²) in [6, 6.07) is 17.2. The van der Waals surface area contributed by atoms with E-state index in [-0.39, 0.29) is 0 Å². The summed E-state index contributed by atoms with van der Waals surface area (Å²) in [6.45, 7) is 6.39. The molecule has 0 heterocycles. The highest BCUT2D eigenvalue weighted by molar-refractivity contribution is 7.80. The molecule has 0 aliphatic carbocycles. The summed E-state index contributed by atoms with van der Waals surface area (Å²) in [5, 5.41) is 7.30. The Morgan fingerprint density at radius 2 is 1.77 bits per heavy atom. The maximum atomic E-state index is 5.40. The molecule has 0 aromatic heterocycles. The quantitative estimate of drug-likeness (QED) is 0.788. The van der Waals surface area contributed by atoms with Crippen LogP contribution in [0.1, 0.15) is 30.0 Å². The average Bonchev–Trinajstić information content (AvgIpc) is 2.50. The Hall–Kier alpha value is -1.87. The summed E-state index contributed by atoms with van der Waals surface area (Å²) >= 11 is 5.40. The van der Waals surface area contributed by atoms with Crippen LogP contribution in [0, 0.1) is 13.8 Å². The zero-order chi connectivity index (χ0) is 15.9. The van der Waals surface area contributed by atoms with E-state index in [4.69, 9.17) is 12.2 Å². The van der Waals surface area contributed by atoms with Gasteiger partial charge in [-0.3, -0.25) is 0 Å². The van der Waals surface area contributed by atoms with E-state index in [1.54, 1.807) is 0 Å². The number of hydrogen-bond acceptors (Lipinski definition) is 1. The van der Waals surface area contributed by atoms with Crippen molar-refractivity contribution >= 4 is 23.0 Å². The van der Waals surface area contributed by atoms with Gasteiger partial charge in [0.05, 0.1) is 0 Å². The van der Waals surface area contributed by atoms with Crippen molar-refractivity contribution < 1.29 is 0 Å². The van der Waals surface area contributed by atoms with Gasteiger partial charge in [0, 0.05) is 11.7 Å². The standard InChI is InChI=1S/C19H24N2S/c1-14-9-12-18(13-15(14)2)21-19(22)20-16(3)10-11-17-7-5-4-6-8-17/h4-9,12-13,16H,10-11H2,1-3H3,(H2,20,21,22)/t16-/m0/s1. The van der Waals surface area contributed by atoms with Gasteiger partial charge in [0.15, 0.2) is 5.11 Å². The lowest BCUT2D eigenvalue weighted by atomic mass is 10.1. The molecular formula is C19H24N2S. The molecule has 0 bridgehead atoms. The predicted octanol–water partition coefficient (Wildman–Crippen LogP) is 4.61. The topological polar surface area (TPSA) is 24.1 Å². The maximum Gasteiger partial charge on any atom is 0.170 e. The molecule has 0 aliphatic heterocycles. The molecule has 1 atom stereocenters. The first kappa shape index (κ1) is 16.5. The third kappa shape index (κ3) is 5.15. The molecule has 0 saturated carbocycles. The van der Waals surface area contributed by atoms with E-state index < -0.39 is 0 Å². The molecule has 2 N–H and O–H groups in total. The van der Waals surface area contributed by atoms with E-state index in [1.807, 2.05) is 6.07 Å².